The second kappa shape index (κ2) is 6.51. The Bertz CT molecular complexity index is 457. The molecule has 1 aromatic heterocycles. The Morgan fingerprint density at radius 3 is 2.63 bits per heavy atom. The quantitative estimate of drug-likeness (QED) is 0.737. The number of carboxylic acid groups (broad SMARTS) is 1. The molecule has 0 bridgehead atoms. The van der Waals surface area contributed by atoms with Crippen molar-refractivity contribution >= 4 is 23.3 Å². The van der Waals surface area contributed by atoms with Crippen LogP contribution in [0.1, 0.15) is 24.5 Å². The summed E-state index contributed by atoms with van der Waals surface area (Å²) in [5.74, 6) is -0.939. The van der Waals surface area contributed by atoms with E-state index in [4.69, 9.17) is 5.11 Å². The van der Waals surface area contributed by atoms with Gasteiger partial charge in [0.15, 0.2) is 0 Å². The van der Waals surface area contributed by atoms with Crippen LogP contribution < -0.4 is 10.6 Å². The summed E-state index contributed by atoms with van der Waals surface area (Å²) >= 11 is 1.58. The number of carbonyl (C=O) groups is 2. The van der Waals surface area contributed by atoms with Gasteiger partial charge in [-0.25, -0.2) is 9.78 Å². The Morgan fingerprint density at radius 2 is 2.11 bits per heavy atom. The molecule has 19 heavy (non-hydrogen) atoms. The van der Waals surface area contributed by atoms with Crippen LogP contribution in [0.2, 0.25) is 0 Å². The third-order valence-electron chi connectivity index (χ3n) is 2.60. The highest BCUT2D eigenvalue weighted by Crippen LogP contribution is 2.12. The van der Waals surface area contributed by atoms with E-state index < -0.39 is 11.4 Å². The monoisotopic (exact) mass is 285 g/mol. The topological polar surface area (TPSA) is 91.3 Å². The van der Waals surface area contributed by atoms with Gasteiger partial charge in [-0.05, 0) is 20.8 Å². The molecule has 0 saturated heterocycles. The van der Waals surface area contributed by atoms with Crippen LogP contribution in [-0.2, 0) is 11.2 Å². The molecule has 2 amide bonds. The highest BCUT2D eigenvalue weighted by molar-refractivity contribution is 7.09. The van der Waals surface area contributed by atoms with Gasteiger partial charge >= 0.3 is 12.0 Å². The van der Waals surface area contributed by atoms with Gasteiger partial charge in [0, 0.05) is 24.9 Å². The van der Waals surface area contributed by atoms with Crippen molar-refractivity contribution < 1.29 is 14.7 Å². The normalized spacial score (nSPS) is 11.1. The number of carboxylic acids is 1. The Kier molecular flexibility index (Phi) is 5.29. The molecule has 0 aliphatic carbocycles. The fourth-order valence-electron chi connectivity index (χ4n) is 1.27. The van der Waals surface area contributed by atoms with Crippen LogP contribution in [0.5, 0.6) is 0 Å². The van der Waals surface area contributed by atoms with Crippen molar-refractivity contribution in [2.24, 2.45) is 5.41 Å². The summed E-state index contributed by atoms with van der Waals surface area (Å²) in [6.07, 6.45) is 0.667. The molecule has 6 nitrogen and oxygen atoms in total. The maximum absolute atomic E-state index is 11.5. The second-order valence-electron chi connectivity index (χ2n) is 4.91. The molecule has 0 aliphatic heterocycles. The van der Waals surface area contributed by atoms with Crippen molar-refractivity contribution in [3.8, 4) is 0 Å². The molecule has 0 saturated carbocycles. The van der Waals surface area contributed by atoms with Gasteiger partial charge in [0.05, 0.1) is 16.1 Å². The molecule has 0 aromatic carbocycles. The number of amides is 2. The van der Waals surface area contributed by atoms with Crippen molar-refractivity contribution in [3.63, 3.8) is 0 Å². The van der Waals surface area contributed by atoms with Crippen LogP contribution in [0, 0.1) is 12.3 Å². The molecule has 0 radical (unpaired) electrons. The number of nitrogens with zero attached hydrogens (tertiary/aromatic N) is 1. The van der Waals surface area contributed by atoms with Crippen LogP contribution >= 0.6 is 11.3 Å². The highest BCUT2D eigenvalue weighted by atomic mass is 32.1. The minimum absolute atomic E-state index is 0.0873. The molecule has 0 spiro atoms. The number of nitrogens with one attached hydrogen (secondary N) is 2. The van der Waals surface area contributed by atoms with Crippen molar-refractivity contribution in [2.45, 2.75) is 27.2 Å². The molecule has 1 aromatic rings. The Balaban J connectivity index is 2.23. The molecule has 1 heterocycles. The van der Waals surface area contributed by atoms with Gasteiger partial charge in [-0.1, -0.05) is 0 Å². The predicted molar refractivity (Wildman–Crippen MR) is 73.4 cm³/mol. The van der Waals surface area contributed by atoms with E-state index in [9.17, 15) is 9.59 Å². The smallest absolute Gasteiger partial charge is 0.314 e. The average molecular weight is 285 g/mol. The van der Waals surface area contributed by atoms with Crippen LogP contribution in [0.4, 0.5) is 4.79 Å². The van der Waals surface area contributed by atoms with Crippen LogP contribution in [0.3, 0.4) is 0 Å². The minimum Gasteiger partial charge on any atom is -0.481 e. The number of hydrogen-bond donors (Lipinski definition) is 3. The van der Waals surface area contributed by atoms with E-state index in [1.165, 1.54) is 0 Å². The summed E-state index contributed by atoms with van der Waals surface area (Å²) in [4.78, 5) is 26.6. The van der Waals surface area contributed by atoms with Crippen LogP contribution in [0.15, 0.2) is 5.38 Å². The molecule has 1 rings (SSSR count). The highest BCUT2D eigenvalue weighted by Gasteiger charge is 2.27. The molecular weight excluding hydrogens is 266 g/mol. The summed E-state index contributed by atoms with van der Waals surface area (Å²) in [6.45, 7) is 5.62. The zero-order valence-corrected chi connectivity index (χ0v) is 12.1. The number of carbonyl (C=O) groups excluding carboxylic acids is 1. The van der Waals surface area contributed by atoms with Gasteiger partial charge in [-0.15, -0.1) is 11.3 Å². The maximum Gasteiger partial charge on any atom is 0.314 e. The number of aliphatic carboxylic acids is 1. The molecular formula is C12H19N3O3S. The first-order valence-corrected chi connectivity index (χ1v) is 6.85. The van der Waals surface area contributed by atoms with E-state index in [0.29, 0.717) is 13.0 Å². The van der Waals surface area contributed by atoms with E-state index in [1.807, 2.05) is 12.3 Å². The van der Waals surface area contributed by atoms with E-state index in [0.717, 1.165) is 10.7 Å². The van der Waals surface area contributed by atoms with Gasteiger partial charge in [-0.3, -0.25) is 4.79 Å². The molecule has 106 valence electrons. The van der Waals surface area contributed by atoms with Gasteiger partial charge in [-0.2, -0.15) is 0 Å². The molecule has 3 N–H and O–H groups in total. The lowest BCUT2D eigenvalue weighted by molar-refractivity contribution is -0.146. The first-order chi connectivity index (χ1) is 8.81. The first kappa shape index (κ1) is 15.4. The average Bonchev–Trinajstić information content (AvgIpc) is 2.72. The van der Waals surface area contributed by atoms with Crippen molar-refractivity contribution in [2.75, 3.05) is 13.1 Å². The third kappa shape index (κ3) is 5.25. The maximum atomic E-state index is 11.5. The number of aryl methyl sites for hydroxylation is 1. The van der Waals surface area contributed by atoms with Gasteiger partial charge in [0.25, 0.3) is 0 Å². The van der Waals surface area contributed by atoms with E-state index in [1.54, 1.807) is 25.2 Å². The zero-order valence-electron chi connectivity index (χ0n) is 11.3. The first-order valence-electron chi connectivity index (χ1n) is 5.97. The van der Waals surface area contributed by atoms with Crippen molar-refractivity contribution in [1.29, 1.82) is 0 Å². The molecule has 7 heteroatoms. The van der Waals surface area contributed by atoms with E-state index >= 15 is 0 Å². The van der Waals surface area contributed by atoms with Crippen molar-refractivity contribution in [3.05, 3.63) is 16.1 Å². The summed E-state index contributed by atoms with van der Waals surface area (Å²) in [6, 6.07) is -0.360. The van der Waals surface area contributed by atoms with Gasteiger partial charge < -0.3 is 15.7 Å². The van der Waals surface area contributed by atoms with Gasteiger partial charge in [0.1, 0.15) is 0 Å². The fourth-order valence-corrected chi connectivity index (χ4v) is 1.91. The summed E-state index contributed by atoms with van der Waals surface area (Å²) < 4.78 is 0. The molecule has 0 aliphatic rings. The fraction of sp³-hybridized carbons (Fsp3) is 0.583. The number of thiazole rings is 1. The Hall–Kier alpha value is -1.63. The number of hydrogen-bond acceptors (Lipinski definition) is 4. The summed E-state index contributed by atoms with van der Waals surface area (Å²) in [7, 11) is 0. The van der Waals surface area contributed by atoms with Crippen molar-refractivity contribution in [1.82, 2.24) is 15.6 Å². The van der Waals surface area contributed by atoms with Crippen LogP contribution in [0.25, 0.3) is 0 Å². The Morgan fingerprint density at radius 1 is 1.42 bits per heavy atom. The largest absolute Gasteiger partial charge is 0.481 e. The lowest BCUT2D eigenvalue weighted by Crippen LogP contribution is -2.43. The standard InChI is InChI=1S/C12H19N3O3S/c1-8-15-9(6-19-8)4-5-13-11(18)14-7-12(2,3)10(16)17/h6H,4-5,7H2,1-3H3,(H,16,17)(H2,13,14,18). The summed E-state index contributed by atoms with van der Waals surface area (Å²) in [5, 5.41) is 17.1. The number of urea groups is 1. The lowest BCUT2D eigenvalue weighted by atomic mass is 9.94. The Labute approximate surface area is 116 Å². The van der Waals surface area contributed by atoms with E-state index in [-0.39, 0.29) is 12.6 Å². The van der Waals surface area contributed by atoms with Gasteiger partial charge in [0.2, 0.25) is 0 Å². The number of rotatable bonds is 6. The lowest BCUT2D eigenvalue weighted by Gasteiger charge is -2.19. The SMILES string of the molecule is Cc1nc(CCNC(=O)NCC(C)(C)C(=O)O)cs1. The predicted octanol–water partition coefficient (Wildman–Crippen LogP) is 1.40. The number of aromatic nitrogens is 1. The van der Waals surface area contributed by atoms with E-state index in [2.05, 4.69) is 15.6 Å². The van der Waals surface area contributed by atoms with Crippen LogP contribution in [-0.4, -0.2) is 35.2 Å². The molecule has 0 unspecified atom stereocenters. The third-order valence-corrected chi connectivity index (χ3v) is 3.43. The zero-order chi connectivity index (χ0) is 14.5. The minimum atomic E-state index is -0.969. The molecule has 0 atom stereocenters. The summed E-state index contributed by atoms with van der Waals surface area (Å²) in [5.41, 5.74) is -0.0164. The molecule has 0 fully saturated rings. The second-order valence-corrected chi connectivity index (χ2v) is 5.97.